The fraction of sp³-hybridized carbons (Fsp3) is 0.500. The molecular weight excluding hydrogens is 272 g/mol. The van der Waals surface area contributed by atoms with E-state index in [4.69, 9.17) is 0 Å². The van der Waals surface area contributed by atoms with Crippen LogP contribution in [0.4, 0.5) is 0 Å². The SMILES string of the molecule is Cc1ccccc1S(=O)(=O)N1CCN[C@@H](C)C1.Cl. The molecule has 1 N–H and O–H groups in total. The minimum atomic E-state index is -3.33. The molecule has 0 unspecified atom stereocenters. The minimum Gasteiger partial charge on any atom is -0.312 e. The third-order valence-corrected chi connectivity index (χ3v) is 5.07. The van der Waals surface area contributed by atoms with Crippen molar-refractivity contribution in [3.63, 3.8) is 0 Å². The maximum Gasteiger partial charge on any atom is 0.243 e. The highest BCUT2D eigenvalue weighted by molar-refractivity contribution is 7.89. The predicted octanol–water partition coefficient (Wildman–Crippen LogP) is 1.40. The molecule has 0 aliphatic carbocycles. The Balaban J connectivity index is 0.00000162. The van der Waals surface area contributed by atoms with E-state index in [2.05, 4.69) is 5.32 Å². The number of rotatable bonds is 2. The molecule has 1 aliphatic heterocycles. The molecule has 1 fully saturated rings. The van der Waals surface area contributed by atoms with E-state index in [9.17, 15) is 8.42 Å². The van der Waals surface area contributed by atoms with Crippen LogP contribution in [0.3, 0.4) is 0 Å². The van der Waals surface area contributed by atoms with E-state index in [0.717, 1.165) is 5.56 Å². The fourth-order valence-corrected chi connectivity index (χ4v) is 3.86. The molecule has 102 valence electrons. The Morgan fingerprint density at radius 3 is 2.61 bits per heavy atom. The van der Waals surface area contributed by atoms with Crippen molar-refractivity contribution in [3.05, 3.63) is 29.8 Å². The number of piperazine rings is 1. The number of aryl methyl sites for hydroxylation is 1. The van der Waals surface area contributed by atoms with Gasteiger partial charge in [-0.2, -0.15) is 4.31 Å². The molecule has 18 heavy (non-hydrogen) atoms. The van der Waals surface area contributed by atoms with Crippen molar-refractivity contribution in [2.45, 2.75) is 24.8 Å². The van der Waals surface area contributed by atoms with Gasteiger partial charge in [0.05, 0.1) is 4.90 Å². The van der Waals surface area contributed by atoms with Gasteiger partial charge in [-0.05, 0) is 25.5 Å². The molecule has 0 spiro atoms. The molecule has 0 aromatic heterocycles. The molecule has 4 nitrogen and oxygen atoms in total. The molecule has 1 heterocycles. The zero-order chi connectivity index (χ0) is 12.5. The van der Waals surface area contributed by atoms with Crippen LogP contribution >= 0.6 is 12.4 Å². The van der Waals surface area contributed by atoms with Crippen molar-refractivity contribution in [2.75, 3.05) is 19.6 Å². The number of sulfonamides is 1. The lowest BCUT2D eigenvalue weighted by Gasteiger charge is -2.31. The molecule has 1 atom stereocenters. The normalized spacial score (nSPS) is 21.3. The van der Waals surface area contributed by atoms with Crippen molar-refractivity contribution < 1.29 is 8.42 Å². The van der Waals surface area contributed by atoms with E-state index < -0.39 is 10.0 Å². The maximum absolute atomic E-state index is 12.5. The van der Waals surface area contributed by atoms with E-state index in [1.165, 1.54) is 0 Å². The van der Waals surface area contributed by atoms with Crippen molar-refractivity contribution >= 4 is 22.4 Å². The minimum absolute atomic E-state index is 0. The summed E-state index contributed by atoms with van der Waals surface area (Å²) in [5.74, 6) is 0. The largest absolute Gasteiger partial charge is 0.312 e. The van der Waals surface area contributed by atoms with Gasteiger partial charge in [0.2, 0.25) is 10.0 Å². The van der Waals surface area contributed by atoms with E-state index in [0.29, 0.717) is 24.5 Å². The van der Waals surface area contributed by atoms with Crippen molar-refractivity contribution in [1.82, 2.24) is 9.62 Å². The van der Waals surface area contributed by atoms with E-state index in [1.54, 1.807) is 16.4 Å². The highest BCUT2D eigenvalue weighted by Crippen LogP contribution is 2.20. The summed E-state index contributed by atoms with van der Waals surface area (Å²) in [6, 6.07) is 7.35. The van der Waals surface area contributed by atoms with Crippen molar-refractivity contribution in [3.8, 4) is 0 Å². The van der Waals surface area contributed by atoms with Gasteiger partial charge in [-0.1, -0.05) is 18.2 Å². The molecule has 0 amide bonds. The monoisotopic (exact) mass is 290 g/mol. The van der Waals surface area contributed by atoms with Crippen LogP contribution in [0.15, 0.2) is 29.2 Å². The van der Waals surface area contributed by atoms with Crippen LogP contribution < -0.4 is 5.32 Å². The average molecular weight is 291 g/mol. The highest BCUT2D eigenvalue weighted by Gasteiger charge is 2.29. The zero-order valence-corrected chi connectivity index (χ0v) is 12.2. The second kappa shape index (κ2) is 6.02. The number of nitrogens with zero attached hydrogens (tertiary/aromatic N) is 1. The van der Waals surface area contributed by atoms with Crippen LogP contribution in [0.5, 0.6) is 0 Å². The van der Waals surface area contributed by atoms with Crippen LogP contribution in [0, 0.1) is 6.92 Å². The van der Waals surface area contributed by atoms with Gasteiger partial charge in [0.15, 0.2) is 0 Å². The zero-order valence-electron chi connectivity index (χ0n) is 10.6. The van der Waals surface area contributed by atoms with Crippen molar-refractivity contribution in [2.24, 2.45) is 0 Å². The molecule has 1 saturated heterocycles. The first-order valence-corrected chi connectivity index (χ1v) is 7.25. The third-order valence-electron chi connectivity index (χ3n) is 3.04. The Hall–Kier alpha value is -0.620. The number of hydrogen-bond acceptors (Lipinski definition) is 3. The van der Waals surface area contributed by atoms with Gasteiger partial charge in [-0.3, -0.25) is 0 Å². The summed E-state index contributed by atoms with van der Waals surface area (Å²) in [5.41, 5.74) is 0.804. The van der Waals surface area contributed by atoms with Gasteiger partial charge < -0.3 is 5.32 Å². The quantitative estimate of drug-likeness (QED) is 0.896. The molecule has 1 aromatic carbocycles. The first-order chi connectivity index (χ1) is 8.01. The lowest BCUT2D eigenvalue weighted by molar-refractivity contribution is 0.310. The second-order valence-corrected chi connectivity index (χ2v) is 6.39. The summed E-state index contributed by atoms with van der Waals surface area (Å²) in [4.78, 5) is 0.425. The van der Waals surface area contributed by atoms with Gasteiger partial charge in [0.25, 0.3) is 0 Å². The molecule has 6 heteroatoms. The summed E-state index contributed by atoms with van der Waals surface area (Å²) < 4.78 is 26.5. The van der Waals surface area contributed by atoms with E-state index >= 15 is 0 Å². The second-order valence-electron chi connectivity index (χ2n) is 4.48. The number of hydrogen-bond donors (Lipinski definition) is 1. The Morgan fingerprint density at radius 1 is 1.33 bits per heavy atom. The lowest BCUT2D eigenvalue weighted by Crippen LogP contribution is -2.51. The molecule has 2 rings (SSSR count). The first kappa shape index (κ1) is 15.4. The predicted molar refractivity (Wildman–Crippen MR) is 74.7 cm³/mol. The molecular formula is C12H19ClN2O2S. The number of nitrogens with one attached hydrogen (secondary N) is 1. The Morgan fingerprint density at radius 2 is 2.00 bits per heavy atom. The average Bonchev–Trinajstić information content (AvgIpc) is 2.29. The van der Waals surface area contributed by atoms with Crippen LogP contribution in [0.1, 0.15) is 12.5 Å². The summed E-state index contributed by atoms with van der Waals surface area (Å²) in [6.45, 7) is 5.63. The summed E-state index contributed by atoms with van der Waals surface area (Å²) in [6.07, 6.45) is 0. The van der Waals surface area contributed by atoms with E-state index in [1.807, 2.05) is 26.0 Å². The van der Waals surface area contributed by atoms with Crippen LogP contribution in [0.2, 0.25) is 0 Å². The molecule has 0 radical (unpaired) electrons. The van der Waals surface area contributed by atoms with Crippen LogP contribution in [-0.2, 0) is 10.0 Å². The Labute approximate surface area is 115 Å². The topological polar surface area (TPSA) is 49.4 Å². The standard InChI is InChI=1S/C12H18N2O2S.ClH/c1-10-5-3-4-6-12(10)17(15,16)14-8-7-13-11(2)9-14;/h3-6,11,13H,7-9H2,1-2H3;1H/t11-;/m0./s1. The smallest absolute Gasteiger partial charge is 0.243 e. The first-order valence-electron chi connectivity index (χ1n) is 5.81. The summed E-state index contributed by atoms with van der Waals surface area (Å²) in [7, 11) is -3.33. The van der Waals surface area contributed by atoms with Gasteiger partial charge in [-0.25, -0.2) is 8.42 Å². The molecule has 0 bridgehead atoms. The fourth-order valence-electron chi connectivity index (χ4n) is 2.10. The number of benzene rings is 1. The number of halogens is 1. The summed E-state index contributed by atoms with van der Waals surface area (Å²) >= 11 is 0. The van der Waals surface area contributed by atoms with Gasteiger partial charge in [0, 0.05) is 25.7 Å². The third kappa shape index (κ3) is 3.03. The maximum atomic E-state index is 12.5. The van der Waals surface area contributed by atoms with Gasteiger partial charge in [-0.15, -0.1) is 12.4 Å². The lowest BCUT2D eigenvalue weighted by atomic mass is 10.2. The van der Waals surface area contributed by atoms with Crippen LogP contribution in [0.25, 0.3) is 0 Å². The Kier molecular flexibility index (Phi) is 5.16. The summed E-state index contributed by atoms with van der Waals surface area (Å²) in [5, 5.41) is 3.24. The molecule has 0 saturated carbocycles. The Bertz CT molecular complexity index is 505. The molecule has 1 aromatic rings. The van der Waals surface area contributed by atoms with Gasteiger partial charge >= 0.3 is 0 Å². The van der Waals surface area contributed by atoms with Gasteiger partial charge in [0.1, 0.15) is 0 Å². The van der Waals surface area contributed by atoms with E-state index in [-0.39, 0.29) is 18.4 Å². The van der Waals surface area contributed by atoms with Crippen LogP contribution in [-0.4, -0.2) is 38.4 Å². The molecule has 1 aliphatic rings. The van der Waals surface area contributed by atoms with Crippen molar-refractivity contribution in [1.29, 1.82) is 0 Å². The highest BCUT2D eigenvalue weighted by atomic mass is 35.5.